The molecule has 1 aliphatic rings. The average molecular weight is 353 g/mol. The fourth-order valence-electron chi connectivity index (χ4n) is 2.74. The largest absolute Gasteiger partial charge is 0.495 e. The molecule has 0 unspecified atom stereocenters. The second-order valence-corrected chi connectivity index (χ2v) is 7.31. The van der Waals surface area contributed by atoms with Gasteiger partial charge in [0.2, 0.25) is 11.8 Å². The van der Waals surface area contributed by atoms with Gasteiger partial charge in [-0.05, 0) is 50.8 Å². The lowest BCUT2D eigenvalue weighted by Crippen LogP contribution is -2.49. The summed E-state index contributed by atoms with van der Waals surface area (Å²) in [5.74, 6) is 0.693. The highest BCUT2D eigenvalue weighted by Gasteiger charge is 2.40. The summed E-state index contributed by atoms with van der Waals surface area (Å²) >= 11 is 6.07. The lowest BCUT2D eigenvalue weighted by Gasteiger charge is -2.35. The van der Waals surface area contributed by atoms with Gasteiger partial charge in [0.05, 0.1) is 12.1 Å². The Kier molecular flexibility index (Phi) is 5.75. The molecule has 0 spiro atoms. The van der Waals surface area contributed by atoms with Gasteiger partial charge in [-0.3, -0.25) is 9.59 Å². The van der Waals surface area contributed by atoms with E-state index in [0.717, 1.165) is 12.8 Å². The van der Waals surface area contributed by atoms with Crippen molar-refractivity contribution in [3.63, 3.8) is 0 Å². The van der Waals surface area contributed by atoms with E-state index in [9.17, 15) is 9.59 Å². The third-order valence-corrected chi connectivity index (χ3v) is 4.88. The molecule has 1 saturated heterocycles. The Morgan fingerprint density at radius 2 is 1.92 bits per heavy atom. The number of rotatable bonds is 4. The molecule has 1 heterocycles. The number of hydrogen-bond acceptors (Lipinski definition) is 3. The molecule has 24 heavy (non-hydrogen) atoms. The number of carbonyl (C=O) groups is 2. The van der Waals surface area contributed by atoms with Gasteiger partial charge in [0.1, 0.15) is 11.2 Å². The molecule has 1 aromatic carbocycles. The van der Waals surface area contributed by atoms with E-state index in [1.54, 1.807) is 36.9 Å². The van der Waals surface area contributed by atoms with E-state index in [1.165, 1.54) is 7.11 Å². The smallest absolute Gasteiger partial charge is 0.239 e. The minimum Gasteiger partial charge on any atom is -0.495 e. The van der Waals surface area contributed by atoms with E-state index in [-0.39, 0.29) is 11.8 Å². The summed E-state index contributed by atoms with van der Waals surface area (Å²) in [7, 11) is 1.53. The number of nitrogens with one attached hydrogen (secondary N) is 1. The molecule has 1 aromatic rings. The highest BCUT2D eigenvalue weighted by Crippen LogP contribution is 2.29. The molecular formula is C18H25ClN2O3. The summed E-state index contributed by atoms with van der Waals surface area (Å²) in [5, 5.41) is 3.18. The third-order valence-electron chi connectivity index (χ3n) is 4.58. The summed E-state index contributed by atoms with van der Waals surface area (Å²) in [6, 6.07) is 4.99. The van der Waals surface area contributed by atoms with Crippen LogP contribution in [0.2, 0.25) is 5.02 Å². The summed E-state index contributed by atoms with van der Waals surface area (Å²) < 4.78 is 5.09. The van der Waals surface area contributed by atoms with Crippen molar-refractivity contribution in [1.82, 2.24) is 4.90 Å². The van der Waals surface area contributed by atoms with Gasteiger partial charge < -0.3 is 15.0 Å². The molecule has 1 aliphatic heterocycles. The second-order valence-electron chi connectivity index (χ2n) is 6.90. The third kappa shape index (κ3) is 4.01. The van der Waals surface area contributed by atoms with Crippen molar-refractivity contribution in [3.05, 3.63) is 23.2 Å². The van der Waals surface area contributed by atoms with Gasteiger partial charge in [0.15, 0.2) is 0 Å². The molecule has 1 fully saturated rings. The Balaban J connectivity index is 2.06. The molecule has 0 aromatic heterocycles. The normalized spacial score (nSPS) is 16.0. The maximum atomic E-state index is 12.7. The van der Waals surface area contributed by atoms with Crippen LogP contribution in [0.1, 0.15) is 33.6 Å². The van der Waals surface area contributed by atoms with Gasteiger partial charge in [0.25, 0.3) is 0 Å². The highest BCUT2D eigenvalue weighted by atomic mass is 35.5. The lowest BCUT2D eigenvalue weighted by atomic mass is 9.88. The van der Waals surface area contributed by atoms with Crippen molar-refractivity contribution in [3.8, 4) is 5.75 Å². The van der Waals surface area contributed by atoms with Crippen molar-refractivity contribution in [2.75, 3.05) is 25.5 Å². The molecule has 0 saturated carbocycles. The van der Waals surface area contributed by atoms with Crippen LogP contribution in [0.15, 0.2) is 18.2 Å². The van der Waals surface area contributed by atoms with Gasteiger partial charge in [-0.15, -0.1) is 0 Å². The Morgan fingerprint density at radius 3 is 2.46 bits per heavy atom. The Morgan fingerprint density at radius 1 is 1.29 bits per heavy atom. The van der Waals surface area contributed by atoms with Crippen LogP contribution < -0.4 is 10.1 Å². The summed E-state index contributed by atoms with van der Waals surface area (Å²) in [5.41, 5.74) is -0.591. The minimum atomic E-state index is -1.13. The molecule has 0 bridgehead atoms. The average Bonchev–Trinajstić information content (AvgIpc) is 2.55. The number of benzene rings is 1. The molecule has 1 N–H and O–H groups in total. The fraction of sp³-hybridized carbons (Fsp3) is 0.556. The second kappa shape index (κ2) is 7.43. The van der Waals surface area contributed by atoms with Crippen LogP contribution >= 0.6 is 11.6 Å². The van der Waals surface area contributed by atoms with Gasteiger partial charge in [-0.1, -0.05) is 18.5 Å². The van der Waals surface area contributed by atoms with Crippen LogP contribution in [0.4, 0.5) is 5.69 Å². The number of piperidine rings is 1. The topological polar surface area (TPSA) is 58.6 Å². The highest BCUT2D eigenvalue weighted by molar-refractivity contribution is 6.32. The van der Waals surface area contributed by atoms with Crippen LogP contribution in [0.25, 0.3) is 0 Å². The van der Waals surface area contributed by atoms with Crippen LogP contribution in [0, 0.1) is 11.3 Å². The maximum absolute atomic E-state index is 12.7. The molecular weight excluding hydrogens is 328 g/mol. The number of hydrogen-bond donors (Lipinski definition) is 1. The molecule has 6 heteroatoms. The zero-order valence-electron chi connectivity index (χ0n) is 14.7. The quantitative estimate of drug-likeness (QED) is 0.843. The van der Waals surface area contributed by atoms with Crippen molar-refractivity contribution in [2.24, 2.45) is 11.3 Å². The standard InChI is InChI=1S/C18H25ClN2O3/c1-12-7-9-21(10-8-12)17(23)18(2,3)16(22)20-13-5-6-15(24-4)14(19)11-13/h5-6,11-12H,7-10H2,1-4H3,(H,20,22). The van der Waals surface area contributed by atoms with Crippen LogP contribution in [-0.4, -0.2) is 36.9 Å². The number of halogens is 1. The molecule has 0 atom stereocenters. The molecule has 5 nitrogen and oxygen atoms in total. The Hall–Kier alpha value is -1.75. The van der Waals surface area contributed by atoms with Crippen LogP contribution in [0.3, 0.4) is 0 Å². The van der Waals surface area contributed by atoms with Crippen LogP contribution in [0.5, 0.6) is 5.75 Å². The van der Waals surface area contributed by atoms with Crippen molar-refractivity contribution in [1.29, 1.82) is 0 Å². The first kappa shape index (κ1) is 18.6. The van der Waals surface area contributed by atoms with Crippen molar-refractivity contribution >= 4 is 29.1 Å². The fourth-order valence-corrected chi connectivity index (χ4v) is 2.99. The zero-order chi connectivity index (χ0) is 17.9. The van der Waals surface area contributed by atoms with Crippen molar-refractivity contribution in [2.45, 2.75) is 33.6 Å². The lowest BCUT2D eigenvalue weighted by molar-refractivity contribution is -0.147. The molecule has 2 rings (SSSR count). The number of ether oxygens (including phenoxy) is 1. The van der Waals surface area contributed by atoms with E-state index in [2.05, 4.69) is 12.2 Å². The number of methoxy groups -OCH3 is 1. The predicted octanol–water partition coefficient (Wildman–Crippen LogP) is 3.57. The first-order chi connectivity index (χ1) is 11.3. The van der Waals surface area contributed by atoms with Gasteiger partial charge >= 0.3 is 0 Å². The summed E-state index contributed by atoms with van der Waals surface area (Å²) in [4.78, 5) is 27.2. The predicted molar refractivity (Wildman–Crippen MR) is 95.4 cm³/mol. The van der Waals surface area contributed by atoms with E-state index in [1.807, 2.05) is 0 Å². The van der Waals surface area contributed by atoms with Crippen molar-refractivity contribution < 1.29 is 14.3 Å². The van der Waals surface area contributed by atoms with E-state index >= 15 is 0 Å². The van der Waals surface area contributed by atoms with E-state index in [0.29, 0.717) is 35.5 Å². The number of likely N-dealkylation sites (tertiary alicyclic amines) is 1. The number of carbonyl (C=O) groups excluding carboxylic acids is 2. The van der Waals surface area contributed by atoms with Gasteiger partial charge in [-0.2, -0.15) is 0 Å². The maximum Gasteiger partial charge on any atom is 0.239 e. The molecule has 0 radical (unpaired) electrons. The number of amides is 2. The van der Waals surface area contributed by atoms with Gasteiger partial charge in [0, 0.05) is 18.8 Å². The summed E-state index contributed by atoms with van der Waals surface area (Å²) in [6.45, 7) is 6.94. The first-order valence-corrected chi connectivity index (χ1v) is 8.58. The monoisotopic (exact) mass is 352 g/mol. The summed E-state index contributed by atoms with van der Waals surface area (Å²) in [6.07, 6.45) is 1.97. The van der Waals surface area contributed by atoms with E-state index < -0.39 is 5.41 Å². The Labute approximate surface area is 148 Å². The van der Waals surface area contributed by atoms with Gasteiger partial charge in [-0.25, -0.2) is 0 Å². The molecule has 132 valence electrons. The molecule has 0 aliphatic carbocycles. The SMILES string of the molecule is COc1ccc(NC(=O)C(C)(C)C(=O)N2CCC(C)CC2)cc1Cl. The number of anilines is 1. The minimum absolute atomic E-state index is 0.133. The molecule has 2 amide bonds. The first-order valence-electron chi connectivity index (χ1n) is 8.20. The van der Waals surface area contributed by atoms with Crippen LogP contribution in [-0.2, 0) is 9.59 Å². The Bertz CT molecular complexity index is 623. The number of nitrogens with zero attached hydrogens (tertiary/aromatic N) is 1. The van der Waals surface area contributed by atoms with E-state index in [4.69, 9.17) is 16.3 Å². The zero-order valence-corrected chi connectivity index (χ0v) is 15.4.